The zero-order chi connectivity index (χ0) is 37.4. The number of fused-ring (bicyclic) bond motifs is 1. The summed E-state index contributed by atoms with van der Waals surface area (Å²) in [6.45, 7) is 3.30. The molecule has 3 amide bonds. The smallest absolute Gasteiger partial charge is 0.435 e. The van der Waals surface area contributed by atoms with Gasteiger partial charge in [0.25, 0.3) is 21.8 Å². The highest BCUT2D eigenvalue weighted by Crippen LogP contribution is 2.33. The molecule has 1 saturated heterocycles. The second kappa shape index (κ2) is 14.0. The molecule has 52 heavy (non-hydrogen) atoms. The summed E-state index contributed by atoms with van der Waals surface area (Å²) in [6.07, 6.45) is -7.69. The largest absolute Gasteiger partial charge is 0.569 e. The Labute approximate surface area is 294 Å². The van der Waals surface area contributed by atoms with Gasteiger partial charge in [0.1, 0.15) is 6.10 Å². The standard InChI is InChI=1S/C33H30F3N7O8S/c1-20-7-9-22(10-8-20)28-19-29(33(34,35)36)37-42(28)23-11-13-25(14-12-23)52(48,49)38-32(46)50-24-15-17-40(18-16-24)43(47)39-51-21(2)41-30(44)26-5-3-4-6-27(26)31(41)45/h3-14,19,21,24H,15-18H2,1-2H3,(H,38,46)/b43-39-. The molecular weight excluding hydrogens is 711 g/mol. The molecule has 1 atom stereocenters. The Morgan fingerprint density at radius 3 is 2.17 bits per heavy atom. The lowest BCUT2D eigenvalue weighted by Gasteiger charge is -2.28. The van der Waals surface area contributed by atoms with Gasteiger partial charge in [-0.15, -0.1) is 5.01 Å². The lowest BCUT2D eigenvalue weighted by Crippen LogP contribution is -2.43. The third-order valence-corrected chi connectivity index (χ3v) is 9.68. The van der Waals surface area contributed by atoms with Gasteiger partial charge in [-0.3, -0.25) is 9.59 Å². The molecule has 1 fully saturated rings. The third kappa shape index (κ3) is 7.39. The Morgan fingerprint density at radius 1 is 1.00 bits per heavy atom. The maximum absolute atomic E-state index is 13.6. The number of sulfonamides is 1. The summed E-state index contributed by atoms with van der Waals surface area (Å²) in [4.78, 5) is 43.5. The number of ether oxygens (including phenoxy) is 1. The molecule has 0 radical (unpaired) electrons. The molecule has 2 aliphatic heterocycles. The maximum Gasteiger partial charge on any atom is 0.435 e. The van der Waals surface area contributed by atoms with Crippen LogP contribution in [0, 0.1) is 12.1 Å². The van der Waals surface area contributed by atoms with Crippen molar-refractivity contribution >= 4 is 27.9 Å². The number of aryl methyl sites for hydroxylation is 1. The Balaban J connectivity index is 1.03. The van der Waals surface area contributed by atoms with Gasteiger partial charge >= 0.3 is 12.3 Å². The van der Waals surface area contributed by atoms with Crippen LogP contribution in [0.1, 0.15) is 51.7 Å². The summed E-state index contributed by atoms with van der Waals surface area (Å²) < 4.78 is 74.7. The van der Waals surface area contributed by atoms with E-state index in [1.54, 1.807) is 36.4 Å². The first-order valence-electron chi connectivity index (χ1n) is 15.8. The molecule has 3 aromatic carbocycles. The fourth-order valence-electron chi connectivity index (χ4n) is 5.63. The number of alkyl halides is 3. The summed E-state index contributed by atoms with van der Waals surface area (Å²) in [5.41, 5.74) is 0.925. The SMILES string of the molecule is Cc1ccc(-c2cc(C(F)(F)F)nn2-c2ccc(S(=O)(=O)NC(=O)OC3CCN(/[N+]([O-])=N/OC(C)N4C(=O)c5ccccc5C4=O)CC3)cc2)cc1. The average Bonchev–Trinajstić information content (AvgIpc) is 3.67. The van der Waals surface area contributed by atoms with E-state index in [9.17, 15) is 41.2 Å². The van der Waals surface area contributed by atoms with Crippen LogP contribution in [0.5, 0.6) is 0 Å². The first-order chi connectivity index (χ1) is 24.6. The lowest BCUT2D eigenvalue weighted by atomic mass is 10.1. The summed E-state index contributed by atoms with van der Waals surface area (Å²) in [5.74, 6) is -1.17. The number of hydrogen-bond acceptors (Lipinski definition) is 10. The van der Waals surface area contributed by atoms with Gasteiger partial charge < -0.3 is 14.8 Å². The van der Waals surface area contributed by atoms with Crippen molar-refractivity contribution in [3.63, 3.8) is 0 Å². The highest BCUT2D eigenvalue weighted by atomic mass is 32.2. The summed E-state index contributed by atoms with van der Waals surface area (Å²) in [6, 6.07) is 18.6. The van der Waals surface area contributed by atoms with Crippen molar-refractivity contribution in [1.29, 1.82) is 0 Å². The number of aromatic nitrogens is 2. The van der Waals surface area contributed by atoms with E-state index in [4.69, 9.17) is 9.57 Å². The van der Waals surface area contributed by atoms with E-state index in [1.807, 2.05) is 11.6 Å². The molecule has 0 saturated carbocycles. The number of carbonyl (C=O) groups is 3. The number of carbonyl (C=O) groups excluding carboxylic acids is 3. The molecule has 0 spiro atoms. The van der Waals surface area contributed by atoms with Gasteiger partial charge in [0.2, 0.25) is 11.5 Å². The minimum atomic E-state index is -4.72. The van der Waals surface area contributed by atoms with Gasteiger partial charge in [0, 0.05) is 18.4 Å². The van der Waals surface area contributed by atoms with Gasteiger partial charge in [-0.1, -0.05) is 42.0 Å². The number of amides is 3. The zero-order valence-corrected chi connectivity index (χ0v) is 28.3. The maximum atomic E-state index is 13.6. The molecule has 15 nitrogen and oxygen atoms in total. The number of rotatable bonds is 9. The number of nitrogens with one attached hydrogen (secondary N) is 1. The van der Waals surface area contributed by atoms with Crippen LogP contribution in [0.3, 0.4) is 0 Å². The number of benzene rings is 3. The second-order valence-corrected chi connectivity index (χ2v) is 13.6. The van der Waals surface area contributed by atoms with Crippen LogP contribution >= 0.6 is 0 Å². The number of piperidine rings is 1. The average molecular weight is 742 g/mol. The minimum Gasteiger partial charge on any atom is -0.569 e. The number of hydrogen-bond donors (Lipinski definition) is 1. The number of imide groups is 1. The van der Waals surface area contributed by atoms with E-state index in [1.165, 1.54) is 36.2 Å². The van der Waals surface area contributed by atoms with E-state index in [2.05, 4.69) is 10.4 Å². The van der Waals surface area contributed by atoms with Gasteiger partial charge in [-0.2, -0.15) is 18.3 Å². The van der Waals surface area contributed by atoms with Crippen LogP contribution in [0.15, 0.2) is 89.0 Å². The molecule has 1 unspecified atom stereocenters. The van der Waals surface area contributed by atoms with E-state index in [0.717, 1.165) is 33.3 Å². The first kappa shape index (κ1) is 35.8. The first-order valence-corrected chi connectivity index (χ1v) is 17.2. The predicted octanol–water partition coefficient (Wildman–Crippen LogP) is 5.20. The van der Waals surface area contributed by atoms with Gasteiger partial charge in [-0.05, 0) is 56.3 Å². The Kier molecular flexibility index (Phi) is 9.63. The molecule has 19 heteroatoms. The number of hydrazine groups is 1. The minimum absolute atomic E-state index is 0.0397. The fourth-order valence-corrected chi connectivity index (χ4v) is 6.51. The van der Waals surface area contributed by atoms with Gasteiger partial charge in [0.05, 0.1) is 45.5 Å². The molecule has 272 valence electrons. The molecule has 6 rings (SSSR count). The topological polar surface area (TPSA) is 179 Å². The molecule has 3 heterocycles. The highest BCUT2D eigenvalue weighted by molar-refractivity contribution is 7.90. The Morgan fingerprint density at radius 2 is 1.60 bits per heavy atom. The zero-order valence-electron chi connectivity index (χ0n) is 27.5. The number of halogens is 3. The Hall–Kier alpha value is -5.98. The molecule has 0 bridgehead atoms. The second-order valence-electron chi connectivity index (χ2n) is 11.9. The van der Waals surface area contributed by atoms with E-state index >= 15 is 0 Å². The fraction of sp³-hybridized carbons (Fsp3) is 0.273. The molecule has 0 aliphatic carbocycles. The molecule has 1 aromatic heterocycles. The van der Waals surface area contributed by atoms with Crippen molar-refractivity contribution in [2.45, 2.75) is 50.1 Å². The Bertz CT molecular complexity index is 2110. The van der Waals surface area contributed by atoms with Crippen molar-refractivity contribution in [1.82, 2.24) is 24.4 Å². The molecule has 4 aromatic rings. The van der Waals surface area contributed by atoms with Crippen molar-refractivity contribution in [3.05, 3.63) is 106 Å². The van der Waals surface area contributed by atoms with Crippen molar-refractivity contribution in [2.75, 3.05) is 13.1 Å². The normalized spacial score (nSPS) is 16.1. The van der Waals surface area contributed by atoms with Crippen LogP contribution in [0.4, 0.5) is 18.0 Å². The summed E-state index contributed by atoms with van der Waals surface area (Å²) in [7, 11) is -4.45. The van der Waals surface area contributed by atoms with Gasteiger partial charge in [0.15, 0.2) is 5.69 Å². The summed E-state index contributed by atoms with van der Waals surface area (Å²) >= 11 is 0. The highest BCUT2D eigenvalue weighted by Gasteiger charge is 2.40. The summed E-state index contributed by atoms with van der Waals surface area (Å²) in [5, 5.41) is 20.9. The van der Waals surface area contributed by atoms with Crippen LogP contribution in [0.25, 0.3) is 16.9 Å². The van der Waals surface area contributed by atoms with Crippen molar-refractivity contribution in [2.24, 2.45) is 5.28 Å². The van der Waals surface area contributed by atoms with Crippen LogP contribution < -0.4 is 4.72 Å². The molecule has 1 N–H and O–H groups in total. The quantitative estimate of drug-likeness (QED) is 0.104. The monoisotopic (exact) mass is 741 g/mol. The van der Waals surface area contributed by atoms with Gasteiger partial charge in [-0.25, -0.2) is 27.5 Å². The number of nitrogens with zero attached hydrogens (tertiary/aromatic N) is 6. The van der Waals surface area contributed by atoms with Crippen LogP contribution in [0.2, 0.25) is 0 Å². The van der Waals surface area contributed by atoms with Crippen LogP contribution in [-0.2, 0) is 25.8 Å². The third-order valence-electron chi connectivity index (χ3n) is 8.35. The van der Waals surface area contributed by atoms with Crippen molar-refractivity contribution < 1.29 is 50.5 Å². The van der Waals surface area contributed by atoms with E-state index in [0.29, 0.717) is 5.56 Å². The molecular formula is C33H30F3N7O8S. The van der Waals surface area contributed by atoms with Crippen molar-refractivity contribution in [3.8, 4) is 16.9 Å². The van der Waals surface area contributed by atoms with E-state index in [-0.39, 0.29) is 58.3 Å². The van der Waals surface area contributed by atoms with Crippen LogP contribution in [-0.4, -0.2) is 76.4 Å². The lowest BCUT2D eigenvalue weighted by molar-refractivity contribution is -0.714. The molecule has 2 aliphatic rings. The predicted molar refractivity (Wildman–Crippen MR) is 174 cm³/mol. The van der Waals surface area contributed by atoms with E-state index < -0.39 is 52.1 Å².